The number of rotatable bonds is 14. The lowest BCUT2D eigenvalue weighted by molar-refractivity contribution is 0.204. The Bertz CT molecular complexity index is 1150. The lowest BCUT2D eigenvalue weighted by Crippen LogP contribution is -2.37. The molecule has 4 rings (SSSR count). The molecule has 1 aromatic carbocycles. The molecule has 0 radical (unpaired) electrons. The van der Waals surface area contributed by atoms with E-state index in [0.717, 1.165) is 55.0 Å². The zero-order valence-corrected chi connectivity index (χ0v) is 22.6. The van der Waals surface area contributed by atoms with Crippen LogP contribution in [0.15, 0.2) is 69.5 Å². The van der Waals surface area contributed by atoms with E-state index in [2.05, 4.69) is 56.9 Å². The molecule has 1 heterocycles. The van der Waals surface area contributed by atoms with E-state index in [-0.39, 0.29) is 11.5 Å². The maximum Gasteiger partial charge on any atom is 0.146 e. The average molecular weight is 541 g/mol. The summed E-state index contributed by atoms with van der Waals surface area (Å²) < 4.78 is 0. The van der Waals surface area contributed by atoms with Crippen molar-refractivity contribution in [3.8, 4) is 0 Å². The molecule has 1 fully saturated rings. The van der Waals surface area contributed by atoms with Crippen molar-refractivity contribution < 1.29 is 0 Å². The van der Waals surface area contributed by atoms with Crippen LogP contribution in [0, 0.1) is 5.41 Å². The van der Waals surface area contributed by atoms with Crippen molar-refractivity contribution in [1.82, 2.24) is 15.6 Å². The van der Waals surface area contributed by atoms with E-state index >= 15 is 0 Å². The van der Waals surface area contributed by atoms with Crippen molar-refractivity contribution in [2.45, 2.75) is 49.1 Å². The van der Waals surface area contributed by atoms with Crippen molar-refractivity contribution in [2.75, 3.05) is 25.0 Å². The quantitative estimate of drug-likeness (QED) is 0.121. The molecule has 1 aromatic heterocycles. The SMILES string of the molecule is C=N/C(N)=C(\CNCCC1(CCN/C=C\N)Cc2ccccc2C1N)Sc1ccnc(NC2CC2)c1Cl. The van der Waals surface area contributed by atoms with Crippen molar-refractivity contribution in [3.05, 3.63) is 75.8 Å². The highest BCUT2D eigenvalue weighted by Gasteiger charge is 2.43. The molecule has 2 aliphatic carbocycles. The highest BCUT2D eigenvalue weighted by molar-refractivity contribution is 8.03. The van der Waals surface area contributed by atoms with E-state index in [1.807, 2.05) is 6.07 Å². The maximum atomic E-state index is 6.84. The summed E-state index contributed by atoms with van der Waals surface area (Å²) in [6.45, 7) is 5.76. The van der Waals surface area contributed by atoms with Gasteiger partial charge >= 0.3 is 0 Å². The third-order valence-corrected chi connectivity index (χ3v) is 8.77. The van der Waals surface area contributed by atoms with Gasteiger partial charge in [-0.2, -0.15) is 0 Å². The summed E-state index contributed by atoms with van der Waals surface area (Å²) in [5.74, 6) is 1.10. The third-order valence-electron chi connectivity index (χ3n) is 7.12. The predicted molar refractivity (Wildman–Crippen MR) is 155 cm³/mol. The molecular weight excluding hydrogens is 504 g/mol. The van der Waals surface area contributed by atoms with Crippen molar-refractivity contribution >= 4 is 35.9 Å². The van der Waals surface area contributed by atoms with Gasteiger partial charge in [0.05, 0.1) is 5.02 Å². The topological polar surface area (TPSA) is 139 Å². The Balaban J connectivity index is 1.40. The van der Waals surface area contributed by atoms with Crippen LogP contribution in [0.2, 0.25) is 5.02 Å². The number of anilines is 1. The minimum absolute atomic E-state index is 0.0218. The molecule has 1 saturated carbocycles. The Hall–Kier alpha value is -2.72. The first-order valence-corrected chi connectivity index (χ1v) is 13.9. The molecule has 2 aromatic rings. The van der Waals surface area contributed by atoms with Gasteiger partial charge in [-0.25, -0.2) is 9.98 Å². The second-order valence-electron chi connectivity index (χ2n) is 9.66. The number of aliphatic imine (C=N–C) groups is 1. The summed E-state index contributed by atoms with van der Waals surface area (Å²) in [6.07, 6.45) is 10.2. The van der Waals surface area contributed by atoms with E-state index in [9.17, 15) is 0 Å². The number of nitrogens with zero attached hydrogens (tertiary/aromatic N) is 2. The molecule has 198 valence electrons. The molecule has 0 aliphatic heterocycles. The summed E-state index contributed by atoms with van der Waals surface area (Å²) in [5, 5.41) is 10.8. The first kappa shape index (κ1) is 27.3. The Morgan fingerprint density at radius 1 is 1.24 bits per heavy atom. The zero-order chi connectivity index (χ0) is 26.3. The van der Waals surface area contributed by atoms with Crippen molar-refractivity contribution in [3.63, 3.8) is 0 Å². The fourth-order valence-electron chi connectivity index (χ4n) is 4.87. The molecular formula is C27H37ClN8S. The molecule has 9 N–H and O–H groups in total. The van der Waals surface area contributed by atoms with Crippen LogP contribution in [0.1, 0.15) is 42.9 Å². The van der Waals surface area contributed by atoms with Gasteiger partial charge in [-0.3, -0.25) is 0 Å². The number of nitrogens with one attached hydrogen (secondary N) is 3. The second kappa shape index (κ2) is 12.7. The van der Waals surface area contributed by atoms with Gasteiger partial charge in [0.25, 0.3) is 0 Å². The Morgan fingerprint density at radius 2 is 2.03 bits per heavy atom. The smallest absolute Gasteiger partial charge is 0.146 e. The number of thioether (sulfide) groups is 1. The van der Waals surface area contributed by atoms with Crippen molar-refractivity contribution in [1.29, 1.82) is 0 Å². The van der Waals surface area contributed by atoms with Crippen LogP contribution in [0.4, 0.5) is 5.82 Å². The summed E-state index contributed by atoms with van der Waals surface area (Å²) in [5.41, 5.74) is 21.1. The second-order valence-corrected chi connectivity index (χ2v) is 11.2. The summed E-state index contributed by atoms with van der Waals surface area (Å²) >= 11 is 8.15. The number of benzene rings is 1. The van der Waals surface area contributed by atoms with E-state index in [4.69, 9.17) is 28.8 Å². The fraction of sp³-hybridized carbons (Fsp3) is 0.407. The van der Waals surface area contributed by atoms with Gasteiger partial charge in [-0.05, 0) is 68.0 Å². The van der Waals surface area contributed by atoms with Crippen LogP contribution in [0.5, 0.6) is 0 Å². The van der Waals surface area contributed by atoms with E-state index in [1.165, 1.54) is 29.1 Å². The number of hydrogen-bond acceptors (Lipinski definition) is 9. The van der Waals surface area contributed by atoms with E-state index < -0.39 is 0 Å². The number of fused-ring (bicyclic) bond motifs is 1. The van der Waals surface area contributed by atoms with Crippen LogP contribution >= 0.6 is 23.4 Å². The summed E-state index contributed by atoms with van der Waals surface area (Å²) in [4.78, 5) is 10.1. The molecule has 2 aliphatic rings. The molecule has 0 spiro atoms. The molecule has 0 saturated heterocycles. The number of pyridine rings is 1. The van der Waals surface area contributed by atoms with Gasteiger partial charge in [-0.1, -0.05) is 47.6 Å². The minimum atomic E-state index is -0.0524. The van der Waals surface area contributed by atoms with Crippen LogP contribution in [-0.4, -0.2) is 37.4 Å². The van der Waals surface area contributed by atoms with Gasteiger partial charge in [0.1, 0.15) is 11.6 Å². The third kappa shape index (κ3) is 6.78. The average Bonchev–Trinajstić information content (AvgIpc) is 3.69. The number of aromatic nitrogens is 1. The number of hydrogen-bond donors (Lipinski definition) is 6. The first-order chi connectivity index (χ1) is 18.0. The fourth-order valence-corrected chi connectivity index (χ4v) is 6.07. The lowest BCUT2D eigenvalue weighted by Gasteiger charge is -2.34. The van der Waals surface area contributed by atoms with Gasteiger partial charge in [0, 0.05) is 53.6 Å². The van der Waals surface area contributed by atoms with E-state index in [0.29, 0.717) is 29.2 Å². The maximum absolute atomic E-state index is 6.84. The number of halogens is 1. The van der Waals surface area contributed by atoms with Gasteiger partial charge in [-0.15, -0.1) is 0 Å². The zero-order valence-electron chi connectivity index (χ0n) is 21.1. The van der Waals surface area contributed by atoms with Gasteiger partial charge in [0.15, 0.2) is 0 Å². The Labute approximate surface area is 228 Å². The molecule has 10 heteroatoms. The molecule has 37 heavy (non-hydrogen) atoms. The van der Waals surface area contributed by atoms with Crippen LogP contribution in [-0.2, 0) is 6.42 Å². The molecule has 0 amide bonds. The largest absolute Gasteiger partial charge is 0.403 e. The Morgan fingerprint density at radius 3 is 2.76 bits per heavy atom. The molecule has 2 unspecified atom stereocenters. The van der Waals surface area contributed by atoms with Crippen molar-refractivity contribution in [2.24, 2.45) is 27.6 Å². The Kier molecular flexibility index (Phi) is 9.37. The standard InChI is InChI=1S/C27H37ClN8S/c1-32-25(31)22(37-21-8-12-35-26(23(21)28)36-19-6-7-19)17-34-14-10-27(9-13-33-15-11-29)16-18-4-2-3-5-20(18)24(27)30/h2-5,8,11-12,15,19,24,33-34H,1,6-7,9-10,13-14,16-17,29-31H2,(H,35,36)/b15-11-,25-22+. The van der Waals surface area contributed by atoms with Crippen LogP contribution < -0.4 is 33.2 Å². The van der Waals surface area contributed by atoms with E-state index in [1.54, 1.807) is 12.4 Å². The van der Waals surface area contributed by atoms with Gasteiger partial charge in [0.2, 0.25) is 0 Å². The monoisotopic (exact) mass is 540 g/mol. The molecule has 8 nitrogen and oxygen atoms in total. The van der Waals surface area contributed by atoms with Gasteiger partial charge < -0.3 is 33.2 Å². The normalized spacial score (nSPS) is 21.5. The summed E-state index contributed by atoms with van der Waals surface area (Å²) in [6, 6.07) is 10.8. The molecule has 2 atom stereocenters. The highest BCUT2D eigenvalue weighted by atomic mass is 35.5. The molecule has 0 bridgehead atoms. The highest BCUT2D eigenvalue weighted by Crippen LogP contribution is 2.48. The lowest BCUT2D eigenvalue weighted by atomic mass is 9.75. The summed E-state index contributed by atoms with van der Waals surface area (Å²) in [7, 11) is 0. The predicted octanol–water partition coefficient (Wildman–Crippen LogP) is 3.86. The van der Waals surface area contributed by atoms with Crippen LogP contribution in [0.3, 0.4) is 0 Å². The number of nitrogens with two attached hydrogens (primary N) is 3. The first-order valence-electron chi connectivity index (χ1n) is 12.7. The minimum Gasteiger partial charge on any atom is -0.403 e. The van der Waals surface area contributed by atoms with Crippen LogP contribution in [0.25, 0.3) is 0 Å².